The maximum absolute atomic E-state index is 11.8. The van der Waals surface area contributed by atoms with Gasteiger partial charge >= 0.3 is 0 Å². The molecule has 0 aliphatic rings. The summed E-state index contributed by atoms with van der Waals surface area (Å²) in [5, 5.41) is 0. The van der Waals surface area contributed by atoms with Crippen LogP contribution in [0.4, 0.5) is 0 Å². The molecular formula is C14H24N2O5S2. The summed E-state index contributed by atoms with van der Waals surface area (Å²) in [5.41, 5.74) is 0.980. The van der Waals surface area contributed by atoms with Gasteiger partial charge in [0, 0.05) is 19.6 Å². The van der Waals surface area contributed by atoms with Crippen LogP contribution in [0.5, 0.6) is 5.75 Å². The van der Waals surface area contributed by atoms with Crippen LogP contribution < -0.4 is 9.46 Å². The first kappa shape index (κ1) is 19.9. The molecule has 9 heteroatoms. The summed E-state index contributed by atoms with van der Waals surface area (Å²) in [4.78, 5) is 0. The van der Waals surface area contributed by atoms with Crippen molar-refractivity contribution < 1.29 is 21.6 Å². The molecule has 0 saturated carbocycles. The first-order chi connectivity index (χ1) is 10.7. The molecule has 0 spiro atoms. The van der Waals surface area contributed by atoms with Crippen LogP contribution in [-0.4, -0.2) is 59.9 Å². The van der Waals surface area contributed by atoms with Gasteiger partial charge in [0.15, 0.2) is 0 Å². The normalized spacial score (nSPS) is 12.5. The maximum Gasteiger partial charge on any atom is 0.211 e. The Morgan fingerprint density at radius 2 is 1.70 bits per heavy atom. The summed E-state index contributed by atoms with van der Waals surface area (Å²) >= 11 is 0. The highest BCUT2D eigenvalue weighted by Crippen LogP contribution is 2.12. The van der Waals surface area contributed by atoms with E-state index in [4.69, 9.17) is 4.74 Å². The molecule has 1 N–H and O–H groups in total. The van der Waals surface area contributed by atoms with E-state index in [9.17, 15) is 16.8 Å². The number of sulfonamides is 2. The Hall–Kier alpha value is -1.16. The third kappa shape index (κ3) is 7.30. The van der Waals surface area contributed by atoms with Crippen LogP contribution in [0.25, 0.3) is 0 Å². The second-order valence-corrected chi connectivity index (χ2v) is 9.14. The zero-order valence-electron chi connectivity index (χ0n) is 13.6. The predicted molar refractivity (Wildman–Crippen MR) is 90.6 cm³/mol. The molecule has 1 rings (SSSR count). The minimum atomic E-state index is -3.40. The molecule has 1 aromatic rings. The summed E-state index contributed by atoms with van der Waals surface area (Å²) < 4.78 is 55.1. The highest BCUT2D eigenvalue weighted by Gasteiger charge is 2.17. The van der Waals surface area contributed by atoms with E-state index in [-0.39, 0.29) is 18.8 Å². The van der Waals surface area contributed by atoms with Crippen molar-refractivity contribution in [3.05, 3.63) is 29.8 Å². The summed E-state index contributed by atoms with van der Waals surface area (Å²) in [7, 11) is -5.14. The van der Waals surface area contributed by atoms with Crippen molar-refractivity contribution in [2.24, 2.45) is 0 Å². The van der Waals surface area contributed by atoms with Gasteiger partial charge in [-0.3, -0.25) is 0 Å². The minimum absolute atomic E-state index is 0.0300. The molecule has 0 amide bonds. The van der Waals surface area contributed by atoms with Gasteiger partial charge in [0.05, 0.1) is 19.1 Å². The summed E-state index contributed by atoms with van der Waals surface area (Å²) in [6.45, 7) is 1.99. The fourth-order valence-corrected chi connectivity index (χ4v) is 3.37. The Morgan fingerprint density at radius 3 is 2.17 bits per heavy atom. The Balaban J connectivity index is 2.61. The molecule has 0 atom stereocenters. The van der Waals surface area contributed by atoms with E-state index >= 15 is 0 Å². The fourth-order valence-electron chi connectivity index (χ4n) is 1.92. The zero-order chi connectivity index (χ0) is 17.5. The van der Waals surface area contributed by atoms with Gasteiger partial charge in [-0.2, -0.15) is 0 Å². The number of benzene rings is 1. The molecule has 0 fully saturated rings. The maximum atomic E-state index is 11.8. The van der Waals surface area contributed by atoms with Gasteiger partial charge in [0.25, 0.3) is 0 Å². The van der Waals surface area contributed by atoms with Crippen molar-refractivity contribution in [2.75, 3.05) is 38.8 Å². The molecule has 0 heterocycles. The van der Waals surface area contributed by atoms with Gasteiger partial charge < -0.3 is 4.74 Å². The van der Waals surface area contributed by atoms with Gasteiger partial charge in [-0.1, -0.05) is 12.1 Å². The molecule has 1 aromatic carbocycles. The number of ether oxygens (including phenoxy) is 1. The van der Waals surface area contributed by atoms with Crippen LogP contribution in [-0.2, 0) is 26.5 Å². The van der Waals surface area contributed by atoms with Crippen LogP contribution in [0.2, 0.25) is 0 Å². The smallest absolute Gasteiger partial charge is 0.211 e. The Kier molecular flexibility index (Phi) is 7.46. The van der Waals surface area contributed by atoms with Crippen molar-refractivity contribution in [1.82, 2.24) is 9.03 Å². The number of nitrogens with one attached hydrogen (secondary N) is 1. The average Bonchev–Trinajstić information content (AvgIpc) is 2.50. The van der Waals surface area contributed by atoms with Gasteiger partial charge in [-0.15, -0.1) is 0 Å². The van der Waals surface area contributed by atoms with Crippen molar-refractivity contribution in [3.8, 4) is 5.75 Å². The molecule has 132 valence electrons. The van der Waals surface area contributed by atoms with Crippen LogP contribution >= 0.6 is 0 Å². The lowest BCUT2D eigenvalue weighted by Gasteiger charge is -2.20. The fraction of sp³-hybridized carbons (Fsp3) is 0.571. The molecule has 0 aromatic heterocycles. The lowest BCUT2D eigenvalue weighted by molar-refractivity contribution is 0.413. The van der Waals surface area contributed by atoms with Gasteiger partial charge in [0.1, 0.15) is 5.75 Å². The lowest BCUT2D eigenvalue weighted by Crippen LogP contribution is -2.39. The largest absolute Gasteiger partial charge is 0.497 e. The van der Waals surface area contributed by atoms with Crippen molar-refractivity contribution >= 4 is 20.0 Å². The standard InChI is InChI=1S/C14H24N2O5S2/c1-4-23(19,20)15-10-12-16(22(3,17)18)11-9-13-5-7-14(21-2)8-6-13/h5-8,15H,4,9-12H2,1-3H3. The third-order valence-corrected chi connectivity index (χ3v) is 6.05. The number of hydrogen-bond acceptors (Lipinski definition) is 5. The molecule has 0 aliphatic heterocycles. The molecule has 0 saturated heterocycles. The molecule has 23 heavy (non-hydrogen) atoms. The number of hydrogen-bond donors (Lipinski definition) is 1. The topological polar surface area (TPSA) is 92.8 Å². The van der Waals surface area contributed by atoms with Crippen molar-refractivity contribution in [3.63, 3.8) is 0 Å². The Labute approximate surface area is 138 Å². The number of nitrogens with zero attached hydrogens (tertiary/aromatic N) is 1. The van der Waals surface area contributed by atoms with Crippen LogP contribution in [0, 0.1) is 0 Å². The van der Waals surface area contributed by atoms with Gasteiger partial charge in [-0.25, -0.2) is 25.9 Å². The number of rotatable bonds is 10. The molecular weight excluding hydrogens is 340 g/mol. The average molecular weight is 364 g/mol. The first-order valence-electron chi connectivity index (χ1n) is 7.23. The first-order valence-corrected chi connectivity index (χ1v) is 10.7. The monoisotopic (exact) mass is 364 g/mol. The molecule has 7 nitrogen and oxygen atoms in total. The molecule has 0 unspecified atom stereocenters. The third-order valence-electron chi connectivity index (χ3n) is 3.34. The van der Waals surface area contributed by atoms with E-state index < -0.39 is 20.0 Å². The SMILES string of the molecule is CCS(=O)(=O)NCCN(CCc1ccc(OC)cc1)S(C)(=O)=O. The molecule has 0 bridgehead atoms. The van der Waals surface area contributed by atoms with E-state index in [2.05, 4.69) is 4.72 Å². The summed E-state index contributed by atoms with van der Waals surface area (Å²) in [5.74, 6) is 0.709. The highest BCUT2D eigenvalue weighted by molar-refractivity contribution is 7.89. The second kappa shape index (κ2) is 8.62. The van der Waals surface area contributed by atoms with E-state index in [0.29, 0.717) is 13.0 Å². The minimum Gasteiger partial charge on any atom is -0.497 e. The van der Waals surface area contributed by atoms with Crippen LogP contribution in [0.1, 0.15) is 12.5 Å². The molecule has 0 radical (unpaired) electrons. The summed E-state index contributed by atoms with van der Waals surface area (Å²) in [6.07, 6.45) is 1.66. The van der Waals surface area contributed by atoms with Crippen LogP contribution in [0.15, 0.2) is 24.3 Å². The van der Waals surface area contributed by atoms with Crippen molar-refractivity contribution in [1.29, 1.82) is 0 Å². The van der Waals surface area contributed by atoms with Gasteiger partial charge in [-0.05, 0) is 31.0 Å². The van der Waals surface area contributed by atoms with Crippen LogP contribution in [0.3, 0.4) is 0 Å². The molecule has 0 aliphatic carbocycles. The Morgan fingerprint density at radius 1 is 1.09 bits per heavy atom. The Bertz CT molecular complexity index is 684. The predicted octanol–water partition coefficient (Wildman–Crippen LogP) is 0.439. The van der Waals surface area contributed by atoms with E-state index in [1.165, 1.54) is 11.2 Å². The van der Waals surface area contributed by atoms with Crippen molar-refractivity contribution in [2.45, 2.75) is 13.3 Å². The highest BCUT2D eigenvalue weighted by atomic mass is 32.2. The second-order valence-electron chi connectivity index (χ2n) is 5.06. The quantitative estimate of drug-likeness (QED) is 0.650. The zero-order valence-corrected chi connectivity index (χ0v) is 15.3. The number of methoxy groups -OCH3 is 1. The van der Waals surface area contributed by atoms with Gasteiger partial charge in [0.2, 0.25) is 20.0 Å². The lowest BCUT2D eigenvalue weighted by atomic mass is 10.1. The summed E-state index contributed by atoms with van der Waals surface area (Å²) in [6, 6.07) is 7.38. The van der Waals surface area contributed by atoms with E-state index in [1.807, 2.05) is 24.3 Å². The van der Waals surface area contributed by atoms with E-state index in [1.54, 1.807) is 7.11 Å². The van der Waals surface area contributed by atoms with E-state index in [0.717, 1.165) is 17.6 Å².